The third-order valence-corrected chi connectivity index (χ3v) is 5.71. The van der Waals surface area contributed by atoms with Gasteiger partial charge in [0.25, 0.3) is 0 Å². The zero-order valence-corrected chi connectivity index (χ0v) is 13.7. The molecule has 3 aliphatic rings. The zero-order chi connectivity index (χ0) is 15.3. The first kappa shape index (κ1) is 15.3. The van der Waals surface area contributed by atoms with E-state index in [1.54, 1.807) is 11.1 Å². The average molecular weight is 292 g/mol. The maximum absolute atomic E-state index is 14.7. The second-order valence-corrected chi connectivity index (χ2v) is 7.60. The fourth-order valence-electron chi connectivity index (χ4n) is 3.27. The molecule has 0 bridgehead atoms. The molecule has 0 spiro atoms. The molecule has 2 aliphatic carbocycles. The maximum atomic E-state index is 14.7. The van der Waals surface area contributed by atoms with Gasteiger partial charge in [-0.25, -0.2) is 4.39 Å². The monoisotopic (exact) mass is 292 g/mol. The van der Waals surface area contributed by atoms with E-state index in [1.165, 1.54) is 19.3 Å². The quantitative estimate of drug-likeness (QED) is 0.505. The molecule has 0 N–H and O–H groups in total. The van der Waals surface area contributed by atoms with Gasteiger partial charge in [-0.1, -0.05) is 11.1 Å². The molecule has 1 saturated heterocycles. The Morgan fingerprint density at radius 1 is 0.857 bits per heavy atom. The topological polar surface area (TPSA) is 18.5 Å². The zero-order valence-electron chi connectivity index (χ0n) is 13.7. The predicted molar refractivity (Wildman–Crippen MR) is 83.6 cm³/mol. The van der Waals surface area contributed by atoms with Crippen LogP contribution >= 0.6 is 0 Å². The van der Waals surface area contributed by atoms with Crippen molar-refractivity contribution in [3.05, 3.63) is 22.4 Å². The third kappa shape index (κ3) is 2.73. The van der Waals surface area contributed by atoms with Crippen molar-refractivity contribution in [1.29, 1.82) is 0 Å². The van der Waals surface area contributed by atoms with Crippen LogP contribution in [0.5, 0.6) is 0 Å². The van der Waals surface area contributed by atoms with Crippen molar-refractivity contribution in [3.63, 3.8) is 0 Å². The lowest BCUT2D eigenvalue weighted by molar-refractivity contribution is 0.00578. The fourth-order valence-corrected chi connectivity index (χ4v) is 3.27. The fraction of sp³-hybridized carbons (Fsp3) is 0.765. The van der Waals surface area contributed by atoms with E-state index in [1.807, 2.05) is 27.7 Å². The van der Waals surface area contributed by atoms with E-state index in [2.05, 4.69) is 0 Å². The van der Waals surface area contributed by atoms with E-state index in [4.69, 9.17) is 9.31 Å². The van der Waals surface area contributed by atoms with Crippen molar-refractivity contribution < 1.29 is 13.7 Å². The molecule has 3 rings (SSSR count). The minimum Gasteiger partial charge on any atom is -0.398 e. The Morgan fingerprint density at radius 2 is 1.33 bits per heavy atom. The minimum absolute atomic E-state index is 0.175. The third-order valence-electron chi connectivity index (χ3n) is 5.71. The number of rotatable bonds is 1. The Morgan fingerprint density at radius 3 is 1.76 bits per heavy atom. The lowest BCUT2D eigenvalue weighted by Gasteiger charge is -2.32. The van der Waals surface area contributed by atoms with E-state index in [0.29, 0.717) is 0 Å². The first-order valence-corrected chi connectivity index (χ1v) is 8.23. The van der Waals surface area contributed by atoms with Gasteiger partial charge in [-0.05, 0) is 78.2 Å². The summed E-state index contributed by atoms with van der Waals surface area (Å²) in [6, 6.07) is 0. The van der Waals surface area contributed by atoms with Crippen molar-refractivity contribution >= 4 is 7.12 Å². The van der Waals surface area contributed by atoms with Gasteiger partial charge in [-0.2, -0.15) is 0 Å². The highest BCUT2D eigenvalue weighted by molar-refractivity contribution is 6.53. The SMILES string of the molecule is CC1(C)OB(C(F)=C2CCC(=C3CCC3)CC2)OC1(C)C. The normalized spacial score (nSPS) is 27.9. The molecule has 0 aromatic carbocycles. The molecule has 4 heteroatoms. The van der Waals surface area contributed by atoms with Crippen LogP contribution in [0.25, 0.3) is 0 Å². The summed E-state index contributed by atoms with van der Waals surface area (Å²) < 4.78 is 26.4. The van der Waals surface area contributed by atoms with E-state index in [9.17, 15) is 4.39 Å². The first-order chi connectivity index (χ1) is 9.80. The van der Waals surface area contributed by atoms with Crippen LogP contribution in [0.2, 0.25) is 0 Å². The second-order valence-electron chi connectivity index (χ2n) is 7.60. The van der Waals surface area contributed by atoms with Crippen LogP contribution in [0, 0.1) is 0 Å². The van der Waals surface area contributed by atoms with E-state index in [-0.39, 0.29) is 5.73 Å². The van der Waals surface area contributed by atoms with Crippen LogP contribution in [-0.2, 0) is 9.31 Å². The van der Waals surface area contributed by atoms with Gasteiger partial charge in [0.05, 0.1) is 11.2 Å². The number of hydrogen-bond donors (Lipinski definition) is 0. The first-order valence-electron chi connectivity index (χ1n) is 8.23. The molecular weight excluding hydrogens is 266 g/mol. The summed E-state index contributed by atoms with van der Waals surface area (Å²) in [5, 5.41) is 0. The smallest absolute Gasteiger partial charge is 0.398 e. The van der Waals surface area contributed by atoms with Gasteiger partial charge in [0.2, 0.25) is 0 Å². The maximum Gasteiger partial charge on any atom is 0.525 e. The van der Waals surface area contributed by atoms with Gasteiger partial charge < -0.3 is 9.31 Å². The summed E-state index contributed by atoms with van der Waals surface area (Å²) in [5.74, 6) is 0. The summed E-state index contributed by atoms with van der Waals surface area (Å²) in [7, 11) is -0.817. The summed E-state index contributed by atoms with van der Waals surface area (Å²) in [4.78, 5) is 0. The van der Waals surface area contributed by atoms with E-state index < -0.39 is 18.3 Å². The molecular formula is C17H26BFO2. The molecule has 0 aromatic heterocycles. The Bertz CT molecular complexity index is 471. The predicted octanol–water partition coefficient (Wildman–Crippen LogP) is 4.90. The number of allylic oxidation sites excluding steroid dienone is 3. The molecule has 0 radical (unpaired) electrons. The molecule has 2 saturated carbocycles. The van der Waals surface area contributed by atoms with Gasteiger partial charge in [0.1, 0.15) is 5.73 Å². The van der Waals surface area contributed by atoms with Gasteiger partial charge in [-0.3, -0.25) is 0 Å². The summed E-state index contributed by atoms with van der Waals surface area (Å²) in [6.07, 6.45) is 7.59. The standard InChI is InChI=1S/C17H26BFO2/c1-16(2)17(3,4)21-18(20-16)15(19)14-10-8-13(9-11-14)12-6-5-7-12/h5-11H2,1-4H3. The summed E-state index contributed by atoms with van der Waals surface area (Å²) in [6.45, 7) is 7.85. The van der Waals surface area contributed by atoms with Crippen LogP contribution in [0.15, 0.2) is 22.4 Å². The Hall–Kier alpha value is -0.605. The van der Waals surface area contributed by atoms with Gasteiger partial charge in [0.15, 0.2) is 0 Å². The van der Waals surface area contributed by atoms with Crippen molar-refractivity contribution in [2.24, 2.45) is 0 Å². The lowest BCUT2D eigenvalue weighted by atomic mass is 9.76. The van der Waals surface area contributed by atoms with Crippen LogP contribution in [0.4, 0.5) is 4.39 Å². The number of hydrogen-bond acceptors (Lipinski definition) is 2. The van der Waals surface area contributed by atoms with Crippen LogP contribution < -0.4 is 0 Å². The molecule has 0 amide bonds. The summed E-state index contributed by atoms with van der Waals surface area (Å²) >= 11 is 0. The van der Waals surface area contributed by atoms with Gasteiger partial charge >= 0.3 is 7.12 Å². The largest absolute Gasteiger partial charge is 0.525 e. The van der Waals surface area contributed by atoms with Crippen molar-refractivity contribution in [3.8, 4) is 0 Å². The highest BCUT2D eigenvalue weighted by Crippen LogP contribution is 2.42. The second kappa shape index (κ2) is 5.24. The Kier molecular flexibility index (Phi) is 3.82. The molecule has 1 heterocycles. The van der Waals surface area contributed by atoms with Crippen molar-refractivity contribution in [2.45, 2.75) is 83.8 Å². The Balaban J connectivity index is 1.70. The van der Waals surface area contributed by atoms with Crippen LogP contribution in [0.1, 0.15) is 72.6 Å². The minimum atomic E-state index is -0.817. The molecule has 1 aliphatic heterocycles. The molecule has 21 heavy (non-hydrogen) atoms. The molecule has 2 nitrogen and oxygen atoms in total. The molecule has 0 atom stereocenters. The molecule has 0 aromatic rings. The highest BCUT2D eigenvalue weighted by Gasteiger charge is 2.53. The molecule has 0 unspecified atom stereocenters. The number of halogens is 1. The average Bonchev–Trinajstić information content (AvgIpc) is 2.56. The lowest BCUT2D eigenvalue weighted by Crippen LogP contribution is -2.41. The van der Waals surface area contributed by atoms with Crippen LogP contribution in [-0.4, -0.2) is 18.3 Å². The van der Waals surface area contributed by atoms with Crippen molar-refractivity contribution in [1.82, 2.24) is 0 Å². The van der Waals surface area contributed by atoms with E-state index >= 15 is 0 Å². The van der Waals surface area contributed by atoms with E-state index in [0.717, 1.165) is 31.3 Å². The summed E-state index contributed by atoms with van der Waals surface area (Å²) in [5.41, 5.74) is 3.02. The van der Waals surface area contributed by atoms with Crippen molar-refractivity contribution in [2.75, 3.05) is 0 Å². The van der Waals surface area contributed by atoms with Gasteiger partial charge in [-0.15, -0.1) is 0 Å². The highest BCUT2D eigenvalue weighted by atomic mass is 19.1. The Labute approximate surface area is 127 Å². The molecule has 3 fully saturated rings. The van der Waals surface area contributed by atoms with Gasteiger partial charge in [0, 0.05) is 0 Å². The molecule has 116 valence electrons. The van der Waals surface area contributed by atoms with Crippen LogP contribution in [0.3, 0.4) is 0 Å².